The van der Waals surface area contributed by atoms with E-state index in [1.54, 1.807) is 0 Å². The fraction of sp³-hybridized carbons (Fsp3) is 0.875. The van der Waals surface area contributed by atoms with E-state index in [2.05, 4.69) is 32.4 Å². The number of nitrogens with zero attached hydrogens (tertiary/aromatic N) is 1. The first-order valence-corrected chi connectivity index (χ1v) is 3.75. The molecule has 0 spiro atoms. The zero-order valence-corrected chi connectivity index (χ0v) is 7.07. The Morgan fingerprint density at radius 3 is 2.22 bits per heavy atom. The van der Waals surface area contributed by atoms with Gasteiger partial charge in [0.25, 0.3) is 0 Å². The summed E-state index contributed by atoms with van der Waals surface area (Å²) in [4.78, 5) is 0. The Bertz CT molecular complexity index is 103. The van der Waals surface area contributed by atoms with Gasteiger partial charge in [-0.2, -0.15) is 0 Å². The molecule has 54 valence electrons. The molecule has 0 fully saturated rings. The lowest BCUT2D eigenvalue weighted by Crippen LogP contribution is -2.13. The van der Waals surface area contributed by atoms with Crippen molar-refractivity contribution in [2.45, 2.75) is 33.6 Å². The third-order valence-corrected chi connectivity index (χ3v) is 1.74. The maximum absolute atomic E-state index is 2.30. The van der Waals surface area contributed by atoms with Crippen molar-refractivity contribution in [1.29, 1.82) is 0 Å². The van der Waals surface area contributed by atoms with E-state index >= 15 is 0 Å². The lowest BCUT2D eigenvalue weighted by atomic mass is 10.2. The smallest absolute Gasteiger partial charge is 0.148 e. The maximum Gasteiger partial charge on any atom is 0.148 e. The van der Waals surface area contributed by atoms with Crippen molar-refractivity contribution in [2.75, 3.05) is 13.6 Å². The molecule has 0 saturated carbocycles. The number of hydrogen-bond acceptors (Lipinski definition) is 0. The van der Waals surface area contributed by atoms with E-state index in [9.17, 15) is 0 Å². The molecule has 0 rings (SSSR count). The molecule has 0 aliphatic rings. The van der Waals surface area contributed by atoms with Crippen LogP contribution in [0.5, 0.6) is 0 Å². The van der Waals surface area contributed by atoms with E-state index < -0.39 is 0 Å². The molecule has 1 heteroatoms. The largest absolute Gasteiger partial charge is 0.240 e. The van der Waals surface area contributed by atoms with Gasteiger partial charge >= 0.3 is 0 Å². The van der Waals surface area contributed by atoms with E-state index in [1.165, 1.54) is 18.6 Å². The summed E-state index contributed by atoms with van der Waals surface area (Å²) in [7, 11) is 2.14. The van der Waals surface area contributed by atoms with E-state index in [-0.39, 0.29) is 0 Å². The van der Waals surface area contributed by atoms with Crippen LogP contribution in [0.2, 0.25) is 0 Å². The summed E-state index contributed by atoms with van der Waals surface area (Å²) in [6, 6.07) is 0. The second-order valence-electron chi connectivity index (χ2n) is 2.50. The van der Waals surface area contributed by atoms with Gasteiger partial charge < -0.3 is 0 Å². The van der Waals surface area contributed by atoms with E-state index in [1.807, 2.05) is 0 Å². The fourth-order valence-corrected chi connectivity index (χ4v) is 0.823. The minimum absolute atomic E-state index is 1.13. The molecule has 0 aliphatic heterocycles. The molecular weight excluding hydrogens is 110 g/mol. The molecule has 9 heavy (non-hydrogen) atoms. The molecule has 0 aromatic rings. The number of hydrogen-bond donors (Lipinski definition) is 0. The van der Waals surface area contributed by atoms with Crippen molar-refractivity contribution in [2.24, 2.45) is 0 Å². The van der Waals surface area contributed by atoms with Crippen molar-refractivity contribution in [3.05, 3.63) is 0 Å². The molecule has 0 aromatic heterocycles. The normalized spacial score (nSPS) is 13.3. The van der Waals surface area contributed by atoms with E-state index in [0.717, 1.165) is 6.54 Å². The van der Waals surface area contributed by atoms with Crippen LogP contribution < -0.4 is 0 Å². The van der Waals surface area contributed by atoms with Crippen molar-refractivity contribution in [1.82, 2.24) is 0 Å². The van der Waals surface area contributed by atoms with Gasteiger partial charge in [0.1, 0.15) is 19.3 Å². The van der Waals surface area contributed by atoms with Crippen LogP contribution in [0.25, 0.3) is 0 Å². The zero-order valence-electron chi connectivity index (χ0n) is 7.07. The highest BCUT2D eigenvalue weighted by Gasteiger charge is 1.98. The van der Waals surface area contributed by atoms with Crippen LogP contribution in [0.15, 0.2) is 0 Å². The minimum Gasteiger partial charge on any atom is -0.240 e. The molecule has 0 saturated heterocycles. The van der Waals surface area contributed by atoms with Crippen LogP contribution in [0.1, 0.15) is 33.6 Å². The Kier molecular flexibility index (Phi) is 4.37. The van der Waals surface area contributed by atoms with Crippen molar-refractivity contribution in [3.63, 3.8) is 0 Å². The Morgan fingerprint density at radius 1 is 1.33 bits per heavy atom. The Labute approximate surface area is 58.4 Å². The van der Waals surface area contributed by atoms with Crippen LogP contribution in [-0.2, 0) is 0 Å². The van der Waals surface area contributed by atoms with Gasteiger partial charge in [0.05, 0.1) is 0 Å². The summed E-state index contributed by atoms with van der Waals surface area (Å²) in [6.45, 7) is 7.73. The molecule has 0 heterocycles. The summed E-state index contributed by atoms with van der Waals surface area (Å²) >= 11 is 0. The average Bonchev–Trinajstić information content (AvgIpc) is 1.87. The highest BCUT2D eigenvalue weighted by molar-refractivity contribution is 5.76. The van der Waals surface area contributed by atoms with Gasteiger partial charge in [-0.1, -0.05) is 6.92 Å². The maximum atomic E-state index is 2.30. The summed E-state index contributed by atoms with van der Waals surface area (Å²) < 4.78 is 2.30. The second-order valence-corrected chi connectivity index (χ2v) is 2.50. The Balaban J connectivity index is 3.78. The summed E-state index contributed by atoms with van der Waals surface area (Å²) in [6.07, 6.45) is 2.50. The molecule has 0 aromatic carbocycles. The van der Waals surface area contributed by atoms with Gasteiger partial charge in [0.2, 0.25) is 0 Å². The van der Waals surface area contributed by atoms with Crippen molar-refractivity contribution in [3.8, 4) is 0 Å². The first-order valence-electron chi connectivity index (χ1n) is 3.75. The lowest BCUT2D eigenvalue weighted by molar-refractivity contribution is -0.495. The van der Waals surface area contributed by atoms with E-state index in [4.69, 9.17) is 0 Å². The predicted molar refractivity (Wildman–Crippen MR) is 42.3 cm³/mol. The average molecular weight is 128 g/mol. The Hall–Kier alpha value is -0.330. The first kappa shape index (κ1) is 8.67. The molecular formula is C8H18N+. The van der Waals surface area contributed by atoms with Gasteiger partial charge in [-0.25, -0.2) is 4.58 Å². The van der Waals surface area contributed by atoms with Crippen molar-refractivity contribution < 1.29 is 4.58 Å². The standard InChI is InChI=1S/C8H18N/c1-5-7-8(3)9(4)6-2/h5-7H2,1-4H3/q+1. The molecule has 0 bridgehead atoms. The predicted octanol–water partition coefficient (Wildman–Crippen LogP) is 1.91. The third-order valence-electron chi connectivity index (χ3n) is 1.74. The first-order chi connectivity index (χ1) is 4.22. The van der Waals surface area contributed by atoms with E-state index in [0.29, 0.717) is 0 Å². The van der Waals surface area contributed by atoms with Crippen LogP contribution >= 0.6 is 0 Å². The molecule has 0 unspecified atom stereocenters. The third kappa shape index (κ3) is 3.28. The highest BCUT2D eigenvalue weighted by atomic mass is 15.0. The van der Waals surface area contributed by atoms with Crippen LogP contribution in [0.4, 0.5) is 0 Å². The van der Waals surface area contributed by atoms with Gasteiger partial charge in [-0.05, 0) is 13.3 Å². The van der Waals surface area contributed by atoms with Gasteiger partial charge in [0, 0.05) is 13.3 Å². The van der Waals surface area contributed by atoms with Crippen molar-refractivity contribution >= 4 is 5.71 Å². The van der Waals surface area contributed by atoms with Gasteiger partial charge in [-0.15, -0.1) is 0 Å². The minimum atomic E-state index is 1.13. The Morgan fingerprint density at radius 2 is 1.89 bits per heavy atom. The van der Waals surface area contributed by atoms with Gasteiger partial charge in [0.15, 0.2) is 0 Å². The quantitative estimate of drug-likeness (QED) is 0.403. The fourth-order valence-electron chi connectivity index (χ4n) is 0.823. The van der Waals surface area contributed by atoms with Crippen LogP contribution in [-0.4, -0.2) is 23.9 Å². The summed E-state index contributed by atoms with van der Waals surface area (Å²) in [5.74, 6) is 0. The topological polar surface area (TPSA) is 3.01 Å². The molecule has 0 N–H and O–H groups in total. The highest BCUT2D eigenvalue weighted by Crippen LogP contribution is 1.89. The molecule has 0 radical (unpaired) electrons. The molecule has 1 nitrogen and oxygen atoms in total. The zero-order chi connectivity index (χ0) is 7.28. The summed E-state index contributed by atoms with van der Waals surface area (Å²) in [5, 5.41) is 0. The number of rotatable bonds is 3. The molecule has 0 aliphatic carbocycles. The van der Waals surface area contributed by atoms with Crippen LogP contribution in [0.3, 0.4) is 0 Å². The lowest BCUT2D eigenvalue weighted by Gasteiger charge is -1.96. The van der Waals surface area contributed by atoms with Gasteiger partial charge in [-0.3, -0.25) is 0 Å². The SMILES string of the molecule is CCCC(C)=[N+](C)CC. The van der Waals surface area contributed by atoms with Crippen LogP contribution in [0, 0.1) is 0 Å². The monoisotopic (exact) mass is 128 g/mol. The second kappa shape index (κ2) is 4.54. The molecule has 0 amide bonds. The summed E-state index contributed by atoms with van der Waals surface area (Å²) in [5.41, 5.74) is 1.50. The molecule has 0 atom stereocenters.